The summed E-state index contributed by atoms with van der Waals surface area (Å²) in [5, 5.41) is 10.1. The molecule has 202 valence electrons. The van der Waals surface area contributed by atoms with Crippen molar-refractivity contribution in [2.45, 2.75) is 57.4 Å². The van der Waals surface area contributed by atoms with Crippen LogP contribution in [0.3, 0.4) is 0 Å². The van der Waals surface area contributed by atoms with E-state index in [-0.39, 0.29) is 11.8 Å². The van der Waals surface area contributed by atoms with Gasteiger partial charge in [-0.3, -0.25) is 4.79 Å². The van der Waals surface area contributed by atoms with E-state index in [1.807, 2.05) is 12.1 Å². The first kappa shape index (κ1) is 28.2. The van der Waals surface area contributed by atoms with Crippen molar-refractivity contribution in [1.29, 1.82) is 0 Å². The van der Waals surface area contributed by atoms with Gasteiger partial charge >= 0.3 is 5.97 Å². The largest absolute Gasteiger partial charge is 0.497 e. The summed E-state index contributed by atoms with van der Waals surface area (Å²) in [6.07, 6.45) is 3.05. The number of carbonyl (C=O) groups is 2. The van der Waals surface area contributed by atoms with E-state index in [4.69, 9.17) is 18.9 Å². The minimum atomic E-state index is -0.965. The number of aliphatic carboxylic acids is 1. The third-order valence-electron chi connectivity index (χ3n) is 7.53. The zero-order chi connectivity index (χ0) is 27.1. The molecule has 0 aromatic heterocycles. The third-order valence-corrected chi connectivity index (χ3v) is 7.53. The average Bonchev–Trinajstić information content (AvgIpc) is 2.94. The van der Waals surface area contributed by atoms with E-state index in [1.165, 1.54) is 31.8 Å². The first-order valence-electron chi connectivity index (χ1n) is 12.7. The van der Waals surface area contributed by atoms with Crippen molar-refractivity contribution >= 4 is 11.9 Å². The number of hydrogen-bond donors (Lipinski definition) is 1. The van der Waals surface area contributed by atoms with Crippen LogP contribution >= 0.6 is 0 Å². The molecule has 1 amide bonds. The molecule has 8 heteroatoms. The second-order valence-electron chi connectivity index (χ2n) is 9.57. The van der Waals surface area contributed by atoms with Gasteiger partial charge in [0.25, 0.3) is 0 Å². The molecule has 3 rings (SSSR count). The summed E-state index contributed by atoms with van der Waals surface area (Å²) in [6.45, 7) is 4.35. The Balaban J connectivity index is 1.76. The predicted molar refractivity (Wildman–Crippen MR) is 141 cm³/mol. The molecule has 4 atom stereocenters. The van der Waals surface area contributed by atoms with E-state index < -0.39 is 17.9 Å². The number of methoxy groups -OCH3 is 4. The van der Waals surface area contributed by atoms with Crippen molar-refractivity contribution in [2.75, 3.05) is 35.0 Å². The second kappa shape index (κ2) is 12.7. The van der Waals surface area contributed by atoms with Crippen LogP contribution in [0.5, 0.6) is 23.0 Å². The number of likely N-dealkylation sites (tertiary alicyclic amines) is 1. The van der Waals surface area contributed by atoms with E-state index in [1.54, 1.807) is 26.2 Å². The van der Waals surface area contributed by atoms with E-state index in [0.717, 1.165) is 25.0 Å². The molecule has 0 saturated carbocycles. The highest BCUT2D eigenvalue weighted by Gasteiger charge is 2.38. The molecule has 2 aromatic rings. The maximum atomic E-state index is 13.6. The van der Waals surface area contributed by atoms with Gasteiger partial charge in [0, 0.05) is 6.54 Å². The van der Waals surface area contributed by atoms with E-state index >= 15 is 0 Å². The molecule has 1 fully saturated rings. The fourth-order valence-electron chi connectivity index (χ4n) is 5.31. The summed E-state index contributed by atoms with van der Waals surface area (Å²) in [5.41, 5.74) is 1.90. The van der Waals surface area contributed by atoms with Gasteiger partial charge in [0.05, 0.1) is 34.4 Å². The molecule has 0 radical (unpaired) electrons. The fraction of sp³-hybridized carbons (Fsp3) is 0.517. The summed E-state index contributed by atoms with van der Waals surface area (Å²) >= 11 is 0. The summed E-state index contributed by atoms with van der Waals surface area (Å²) in [4.78, 5) is 27.4. The van der Waals surface area contributed by atoms with Gasteiger partial charge in [0.1, 0.15) is 11.8 Å². The molecular formula is C29H39NO7. The number of nitrogens with zero attached hydrogens (tertiary/aromatic N) is 1. The normalized spacial score (nSPS) is 19.0. The smallest absolute Gasteiger partial charge is 0.326 e. The number of carbonyl (C=O) groups excluding carboxylic acids is 1. The summed E-state index contributed by atoms with van der Waals surface area (Å²) in [7, 11) is 6.21. The number of ether oxygens (including phenoxy) is 4. The Morgan fingerprint density at radius 1 is 0.973 bits per heavy atom. The molecule has 0 bridgehead atoms. The summed E-state index contributed by atoms with van der Waals surface area (Å²) in [6, 6.07) is 10.7. The number of carboxylic acids is 1. The van der Waals surface area contributed by atoms with Crippen molar-refractivity contribution in [2.24, 2.45) is 5.92 Å². The Bertz CT molecular complexity index is 1040. The lowest BCUT2D eigenvalue weighted by atomic mass is 9.80. The van der Waals surface area contributed by atoms with Crippen LogP contribution in [0.25, 0.3) is 0 Å². The first-order chi connectivity index (χ1) is 17.8. The van der Waals surface area contributed by atoms with Crippen LogP contribution in [0.2, 0.25) is 0 Å². The lowest BCUT2D eigenvalue weighted by molar-refractivity contribution is -0.153. The number of amides is 1. The molecule has 37 heavy (non-hydrogen) atoms. The molecule has 0 spiro atoms. The van der Waals surface area contributed by atoms with Gasteiger partial charge in [-0.05, 0) is 79.8 Å². The molecule has 1 aliphatic rings. The van der Waals surface area contributed by atoms with Crippen LogP contribution in [-0.2, 0) is 9.59 Å². The molecular weight excluding hydrogens is 474 g/mol. The van der Waals surface area contributed by atoms with E-state index in [0.29, 0.717) is 41.7 Å². The quantitative estimate of drug-likeness (QED) is 0.447. The fourth-order valence-corrected chi connectivity index (χ4v) is 5.31. The van der Waals surface area contributed by atoms with Gasteiger partial charge in [-0.15, -0.1) is 0 Å². The summed E-state index contributed by atoms with van der Waals surface area (Å²) in [5.74, 6) is 0.949. The molecule has 1 aliphatic heterocycles. The van der Waals surface area contributed by atoms with Gasteiger partial charge in [-0.1, -0.05) is 19.1 Å². The topological polar surface area (TPSA) is 94.5 Å². The van der Waals surface area contributed by atoms with Gasteiger partial charge in [-0.25, -0.2) is 4.79 Å². The number of carboxylic acid groups (broad SMARTS) is 1. The van der Waals surface area contributed by atoms with Crippen molar-refractivity contribution in [1.82, 2.24) is 4.90 Å². The highest BCUT2D eigenvalue weighted by Crippen LogP contribution is 2.41. The van der Waals surface area contributed by atoms with Crippen LogP contribution in [-0.4, -0.2) is 62.9 Å². The van der Waals surface area contributed by atoms with Crippen LogP contribution in [0, 0.1) is 5.92 Å². The van der Waals surface area contributed by atoms with Crippen molar-refractivity contribution in [3.05, 3.63) is 47.5 Å². The maximum absolute atomic E-state index is 13.6. The maximum Gasteiger partial charge on any atom is 0.326 e. The minimum absolute atomic E-state index is 0.216. The second-order valence-corrected chi connectivity index (χ2v) is 9.57. The zero-order valence-electron chi connectivity index (χ0n) is 22.7. The van der Waals surface area contributed by atoms with Gasteiger partial charge < -0.3 is 29.0 Å². The van der Waals surface area contributed by atoms with Crippen molar-refractivity contribution < 1.29 is 33.6 Å². The standard InChI is InChI=1S/C29H39NO7/c1-7-20(21-8-10-23(34-3)11-9-21)14-19-12-13-30(24(15-19)29(32)33)28(31)18(2)22-16-25(35-4)27(37-6)26(17-22)36-5/h8-11,16-20,24H,7,12-15H2,1-6H3,(H,32,33)/t18?,19?,20-,24?/m0/s1. The first-order valence-corrected chi connectivity index (χ1v) is 12.7. The molecule has 0 aliphatic carbocycles. The SMILES string of the molecule is CC[C@@H](CC1CCN(C(=O)C(C)c2cc(OC)c(OC)c(OC)c2)C(C(=O)O)C1)c1ccc(OC)cc1. The van der Waals surface area contributed by atoms with Gasteiger partial charge in [-0.2, -0.15) is 0 Å². The Morgan fingerprint density at radius 2 is 1.59 bits per heavy atom. The van der Waals surface area contributed by atoms with Crippen LogP contribution < -0.4 is 18.9 Å². The molecule has 1 N–H and O–H groups in total. The average molecular weight is 514 g/mol. The van der Waals surface area contributed by atoms with Crippen molar-refractivity contribution in [3.8, 4) is 23.0 Å². The van der Waals surface area contributed by atoms with E-state index in [9.17, 15) is 14.7 Å². The Kier molecular flexibility index (Phi) is 9.66. The van der Waals surface area contributed by atoms with E-state index in [2.05, 4.69) is 19.1 Å². The van der Waals surface area contributed by atoms with Gasteiger partial charge in [0.2, 0.25) is 11.7 Å². The molecule has 2 aromatic carbocycles. The molecule has 3 unspecified atom stereocenters. The molecule has 1 heterocycles. The minimum Gasteiger partial charge on any atom is -0.497 e. The Labute approximate surface area is 219 Å². The highest BCUT2D eigenvalue weighted by molar-refractivity contribution is 5.88. The number of rotatable bonds is 11. The van der Waals surface area contributed by atoms with Crippen LogP contribution in [0.15, 0.2) is 36.4 Å². The lowest BCUT2D eigenvalue weighted by Crippen LogP contribution is -2.51. The zero-order valence-corrected chi connectivity index (χ0v) is 22.7. The predicted octanol–water partition coefficient (Wildman–Crippen LogP) is 5.10. The Morgan fingerprint density at radius 3 is 2.08 bits per heavy atom. The van der Waals surface area contributed by atoms with Crippen molar-refractivity contribution in [3.63, 3.8) is 0 Å². The summed E-state index contributed by atoms with van der Waals surface area (Å²) < 4.78 is 21.5. The number of piperidine rings is 1. The monoisotopic (exact) mass is 513 g/mol. The molecule has 8 nitrogen and oxygen atoms in total. The van der Waals surface area contributed by atoms with Gasteiger partial charge in [0.15, 0.2) is 11.5 Å². The number of benzene rings is 2. The molecule has 1 saturated heterocycles. The van der Waals surface area contributed by atoms with Crippen LogP contribution in [0.1, 0.15) is 62.5 Å². The van der Waals surface area contributed by atoms with Crippen LogP contribution in [0.4, 0.5) is 0 Å². The third kappa shape index (κ3) is 6.29. The number of hydrogen-bond acceptors (Lipinski definition) is 6. The Hall–Kier alpha value is -3.42. The lowest BCUT2D eigenvalue weighted by Gasteiger charge is -2.39. The highest BCUT2D eigenvalue weighted by atomic mass is 16.5.